The van der Waals surface area contributed by atoms with Crippen LogP contribution in [0.2, 0.25) is 0 Å². The predicted octanol–water partition coefficient (Wildman–Crippen LogP) is 0.359. The first-order valence-corrected chi connectivity index (χ1v) is 6.73. The maximum atomic E-state index is 11.9. The second-order valence-corrected chi connectivity index (χ2v) is 5.36. The molecule has 1 aliphatic heterocycles. The molecule has 0 saturated carbocycles. The molecule has 0 aromatic carbocycles. The van der Waals surface area contributed by atoms with Crippen LogP contribution in [0, 0.1) is 5.92 Å². The van der Waals surface area contributed by atoms with Crippen molar-refractivity contribution in [2.24, 2.45) is 5.92 Å². The van der Waals surface area contributed by atoms with Gasteiger partial charge in [-0.1, -0.05) is 13.8 Å². The highest BCUT2D eigenvalue weighted by Gasteiger charge is 2.22. The second kappa shape index (κ2) is 7.36. The lowest BCUT2D eigenvalue weighted by molar-refractivity contribution is -0.133. The Labute approximate surface area is 109 Å². The zero-order chi connectivity index (χ0) is 13.5. The van der Waals surface area contributed by atoms with Crippen LogP contribution in [0.1, 0.15) is 33.1 Å². The van der Waals surface area contributed by atoms with Gasteiger partial charge in [-0.25, -0.2) is 0 Å². The third-order valence-electron chi connectivity index (χ3n) is 3.36. The summed E-state index contributed by atoms with van der Waals surface area (Å²) in [5, 5.41) is 5.92. The molecule has 1 heterocycles. The molecule has 1 aliphatic rings. The molecule has 0 aromatic rings. The summed E-state index contributed by atoms with van der Waals surface area (Å²) in [5.41, 5.74) is 0. The summed E-state index contributed by atoms with van der Waals surface area (Å²) >= 11 is 0. The minimum Gasteiger partial charge on any atom is -0.347 e. The van der Waals surface area contributed by atoms with Crippen LogP contribution in [0.15, 0.2) is 0 Å². The molecular weight excluding hydrogens is 230 g/mol. The topological polar surface area (TPSA) is 61.4 Å². The second-order valence-electron chi connectivity index (χ2n) is 5.36. The van der Waals surface area contributed by atoms with Crippen molar-refractivity contribution in [3.63, 3.8) is 0 Å². The van der Waals surface area contributed by atoms with E-state index in [4.69, 9.17) is 0 Å². The van der Waals surface area contributed by atoms with Crippen LogP contribution in [0.25, 0.3) is 0 Å². The van der Waals surface area contributed by atoms with Crippen LogP contribution in [-0.4, -0.2) is 49.4 Å². The Morgan fingerprint density at radius 1 is 1.44 bits per heavy atom. The summed E-state index contributed by atoms with van der Waals surface area (Å²) in [6, 6.07) is 0.269. The minimum absolute atomic E-state index is 0.0124. The van der Waals surface area contributed by atoms with E-state index in [9.17, 15) is 9.59 Å². The molecule has 104 valence electrons. The number of likely N-dealkylation sites (N-methyl/N-ethyl adjacent to an activating group) is 1. The fourth-order valence-electron chi connectivity index (χ4n) is 1.98. The Morgan fingerprint density at radius 3 is 2.72 bits per heavy atom. The maximum absolute atomic E-state index is 11.9. The van der Waals surface area contributed by atoms with Crippen LogP contribution in [0.4, 0.5) is 0 Å². The number of rotatable bonds is 6. The molecular formula is C13H25N3O2. The first-order chi connectivity index (χ1) is 8.50. The average Bonchev–Trinajstić information content (AvgIpc) is 2.86. The molecule has 0 bridgehead atoms. The molecule has 2 N–H and O–H groups in total. The van der Waals surface area contributed by atoms with Crippen LogP contribution in [-0.2, 0) is 9.59 Å². The largest absolute Gasteiger partial charge is 0.347 e. The molecule has 0 aliphatic carbocycles. The van der Waals surface area contributed by atoms with Crippen molar-refractivity contribution in [2.45, 2.75) is 39.2 Å². The number of hydrogen-bond donors (Lipinski definition) is 2. The highest BCUT2D eigenvalue weighted by atomic mass is 16.2. The lowest BCUT2D eigenvalue weighted by Gasteiger charge is -2.23. The van der Waals surface area contributed by atoms with E-state index >= 15 is 0 Å². The van der Waals surface area contributed by atoms with Gasteiger partial charge in [-0.3, -0.25) is 9.59 Å². The summed E-state index contributed by atoms with van der Waals surface area (Å²) in [6.07, 6.45) is 2.35. The standard InChI is InChI=1S/C13H25N3O2/c1-10(2)4-5-12(17)15-9-13(18)16(3)11-6-7-14-8-11/h10-11,14H,4-9H2,1-3H3,(H,15,17). The van der Waals surface area contributed by atoms with E-state index in [-0.39, 0.29) is 24.4 Å². The average molecular weight is 255 g/mol. The van der Waals surface area contributed by atoms with Crippen molar-refractivity contribution < 1.29 is 9.59 Å². The number of amides is 2. The van der Waals surface area contributed by atoms with E-state index in [1.54, 1.807) is 11.9 Å². The SMILES string of the molecule is CC(C)CCC(=O)NCC(=O)N(C)C1CCNC1. The number of nitrogens with zero attached hydrogens (tertiary/aromatic N) is 1. The van der Waals surface area contributed by atoms with Crippen molar-refractivity contribution in [3.05, 3.63) is 0 Å². The molecule has 1 rings (SSSR count). The Balaban J connectivity index is 2.21. The van der Waals surface area contributed by atoms with E-state index in [1.165, 1.54) is 0 Å². The molecule has 18 heavy (non-hydrogen) atoms. The fraction of sp³-hybridized carbons (Fsp3) is 0.846. The molecule has 0 spiro atoms. The summed E-state index contributed by atoms with van der Waals surface area (Å²) in [4.78, 5) is 25.1. The molecule has 0 radical (unpaired) electrons. The van der Waals surface area contributed by atoms with Gasteiger partial charge in [0.1, 0.15) is 0 Å². The third-order valence-corrected chi connectivity index (χ3v) is 3.36. The fourth-order valence-corrected chi connectivity index (χ4v) is 1.98. The number of nitrogens with one attached hydrogen (secondary N) is 2. The van der Waals surface area contributed by atoms with E-state index in [0.717, 1.165) is 25.9 Å². The van der Waals surface area contributed by atoms with Crippen molar-refractivity contribution >= 4 is 11.8 Å². The van der Waals surface area contributed by atoms with Gasteiger partial charge < -0.3 is 15.5 Å². The molecule has 2 amide bonds. The number of carbonyl (C=O) groups excluding carboxylic acids is 2. The van der Waals surface area contributed by atoms with Gasteiger partial charge in [0.15, 0.2) is 0 Å². The summed E-state index contributed by atoms with van der Waals surface area (Å²) < 4.78 is 0. The van der Waals surface area contributed by atoms with Gasteiger partial charge in [-0.15, -0.1) is 0 Å². The zero-order valence-electron chi connectivity index (χ0n) is 11.7. The highest BCUT2D eigenvalue weighted by molar-refractivity contribution is 5.84. The summed E-state index contributed by atoms with van der Waals surface area (Å²) in [6.45, 7) is 6.09. The maximum Gasteiger partial charge on any atom is 0.242 e. The van der Waals surface area contributed by atoms with Crippen LogP contribution in [0.5, 0.6) is 0 Å². The predicted molar refractivity (Wildman–Crippen MR) is 71.1 cm³/mol. The zero-order valence-corrected chi connectivity index (χ0v) is 11.7. The summed E-state index contributed by atoms with van der Waals surface area (Å²) in [5.74, 6) is 0.468. The van der Waals surface area contributed by atoms with Crippen molar-refractivity contribution in [3.8, 4) is 0 Å². The molecule has 1 unspecified atom stereocenters. The third kappa shape index (κ3) is 5.04. The van der Waals surface area contributed by atoms with E-state index in [2.05, 4.69) is 24.5 Å². The van der Waals surface area contributed by atoms with Gasteiger partial charge >= 0.3 is 0 Å². The van der Waals surface area contributed by atoms with Gasteiger partial charge in [0.05, 0.1) is 6.54 Å². The smallest absolute Gasteiger partial charge is 0.242 e. The summed E-state index contributed by atoms with van der Waals surface area (Å²) in [7, 11) is 1.81. The Morgan fingerprint density at radius 2 is 2.17 bits per heavy atom. The van der Waals surface area contributed by atoms with E-state index in [0.29, 0.717) is 12.3 Å². The minimum atomic E-state index is -0.0324. The molecule has 1 saturated heterocycles. The lowest BCUT2D eigenvalue weighted by Crippen LogP contribution is -2.44. The first kappa shape index (κ1) is 15.0. The lowest BCUT2D eigenvalue weighted by atomic mass is 10.1. The number of hydrogen-bond acceptors (Lipinski definition) is 3. The van der Waals surface area contributed by atoms with Crippen LogP contribution >= 0.6 is 0 Å². The molecule has 5 heteroatoms. The molecule has 5 nitrogen and oxygen atoms in total. The quantitative estimate of drug-likeness (QED) is 0.720. The van der Waals surface area contributed by atoms with E-state index in [1.807, 2.05) is 0 Å². The molecule has 1 fully saturated rings. The van der Waals surface area contributed by atoms with Gasteiger partial charge in [0, 0.05) is 26.1 Å². The Hall–Kier alpha value is -1.10. The van der Waals surface area contributed by atoms with Gasteiger partial charge in [0.25, 0.3) is 0 Å². The van der Waals surface area contributed by atoms with Crippen LogP contribution in [0.3, 0.4) is 0 Å². The first-order valence-electron chi connectivity index (χ1n) is 6.73. The Kier molecular flexibility index (Phi) is 6.12. The van der Waals surface area contributed by atoms with Crippen molar-refractivity contribution in [1.29, 1.82) is 0 Å². The van der Waals surface area contributed by atoms with Gasteiger partial charge in [-0.05, 0) is 25.3 Å². The van der Waals surface area contributed by atoms with E-state index < -0.39 is 0 Å². The monoisotopic (exact) mass is 255 g/mol. The van der Waals surface area contributed by atoms with Gasteiger partial charge in [0.2, 0.25) is 11.8 Å². The normalized spacial score (nSPS) is 19.0. The Bertz CT molecular complexity index is 286. The highest BCUT2D eigenvalue weighted by Crippen LogP contribution is 2.06. The van der Waals surface area contributed by atoms with Crippen molar-refractivity contribution in [2.75, 3.05) is 26.7 Å². The molecule has 1 atom stereocenters. The van der Waals surface area contributed by atoms with Crippen LogP contribution < -0.4 is 10.6 Å². The molecule has 0 aromatic heterocycles. The van der Waals surface area contributed by atoms with Crippen molar-refractivity contribution in [1.82, 2.24) is 15.5 Å². The number of carbonyl (C=O) groups is 2. The van der Waals surface area contributed by atoms with Gasteiger partial charge in [-0.2, -0.15) is 0 Å².